The van der Waals surface area contributed by atoms with Crippen molar-refractivity contribution in [3.63, 3.8) is 0 Å². The first-order valence-electron chi connectivity index (χ1n) is 12.2. The number of rotatable bonds is 8. The summed E-state index contributed by atoms with van der Waals surface area (Å²) >= 11 is 0. The van der Waals surface area contributed by atoms with Crippen molar-refractivity contribution in [1.82, 2.24) is 4.90 Å². The highest BCUT2D eigenvalue weighted by molar-refractivity contribution is 7.92. The third-order valence-electron chi connectivity index (χ3n) is 6.91. The van der Waals surface area contributed by atoms with Gasteiger partial charge in [0.25, 0.3) is 10.0 Å². The lowest BCUT2D eigenvalue weighted by Gasteiger charge is -2.36. The zero-order valence-electron chi connectivity index (χ0n) is 20.0. The van der Waals surface area contributed by atoms with Crippen molar-refractivity contribution in [3.8, 4) is 0 Å². The highest BCUT2D eigenvalue weighted by atomic mass is 32.2. The number of aromatic carboxylic acids is 1. The predicted octanol–water partition coefficient (Wildman–Crippen LogP) is 4.62. The Morgan fingerprint density at radius 3 is 2.41 bits per heavy atom. The Hall–Kier alpha value is -2.58. The van der Waals surface area contributed by atoms with Gasteiger partial charge in [0.2, 0.25) is 0 Å². The van der Waals surface area contributed by atoms with Gasteiger partial charge >= 0.3 is 5.97 Å². The number of nitrogens with one attached hydrogen (secondary N) is 1. The molecule has 0 aliphatic carbocycles. The number of carboxylic acids is 1. The maximum absolute atomic E-state index is 12.9. The molecule has 0 amide bonds. The van der Waals surface area contributed by atoms with Crippen LogP contribution in [0, 0.1) is 5.92 Å². The number of nitrogens with zero attached hydrogens (tertiary/aromatic N) is 2. The summed E-state index contributed by atoms with van der Waals surface area (Å²) in [4.78, 5) is 16.9. The minimum Gasteiger partial charge on any atom is -0.478 e. The number of piperidine rings is 1. The molecular weight excluding hydrogens is 450 g/mol. The normalized spacial score (nSPS) is 19.5. The van der Waals surface area contributed by atoms with E-state index >= 15 is 0 Å². The molecule has 2 aliphatic heterocycles. The summed E-state index contributed by atoms with van der Waals surface area (Å²) in [6.07, 6.45) is 4.71. The Kier molecular flexibility index (Phi) is 7.48. The molecule has 0 aromatic heterocycles. The molecule has 34 heavy (non-hydrogen) atoms. The van der Waals surface area contributed by atoms with Gasteiger partial charge in [0.15, 0.2) is 0 Å². The standard InChI is InChI=1S/C26H35N3O4S/c1-19(2)21-7-10-23(11-8-21)34(32,33)27-22-9-12-25(24(16-22)26(30)31)29-15-5-6-20(18-29)17-28-13-3-4-14-28/h7-12,16,19-20,27H,3-6,13-15,17-18H2,1-2H3,(H,30,31). The zero-order chi connectivity index (χ0) is 24.3. The summed E-state index contributed by atoms with van der Waals surface area (Å²) < 4.78 is 28.3. The Morgan fingerprint density at radius 2 is 1.76 bits per heavy atom. The van der Waals surface area contributed by atoms with Crippen LogP contribution in [0.1, 0.15) is 61.4 Å². The highest BCUT2D eigenvalue weighted by Crippen LogP contribution is 2.30. The van der Waals surface area contributed by atoms with E-state index in [1.165, 1.54) is 18.9 Å². The van der Waals surface area contributed by atoms with E-state index in [9.17, 15) is 18.3 Å². The summed E-state index contributed by atoms with van der Waals surface area (Å²) in [5, 5.41) is 9.90. The second kappa shape index (κ2) is 10.4. The minimum atomic E-state index is -3.82. The maximum Gasteiger partial charge on any atom is 0.337 e. The first-order chi connectivity index (χ1) is 16.2. The van der Waals surface area contributed by atoms with Gasteiger partial charge < -0.3 is 14.9 Å². The van der Waals surface area contributed by atoms with Crippen LogP contribution < -0.4 is 9.62 Å². The van der Waals surface area contributed by atoms with Gasteiger partial charge in [-0.2, -0.15) is 0 Å². The fourth-order valence-corrected chi connectivity index (χ4v) is 6.11. The topological polar surface area (TPSA) is 90.0 Å². The van der Waals surface area contributed by atoms with Gasteiger partial charge in [-0.05, 0) is 86.5 Å². The molecule has 7 nitrogen and oxygen atoms in total. The van der Waals surface area contributed by atoms with Crippen LogP contribution >= 0.6 is 0 Å². The van der Waals surface area contributed by atoms with Crippen LogP contribution in [0.4, 0.5) is 11.4 Å². The summed E-state index contributed by atoms with van der Waals surface area (Å²) in [5.74, 6) is -0.236. The van der Waals surface area contributed by atoms with Crippen molar-refractivity contribution in [3.05, 3.63) is 53.6 Å². The average Bonchev–Trinajstić information content (AvgIpc) is 3.32. The van der Waals surface area contributed by atoms with Gasteiger partial charge in [0.1, 0.15) is 0 Å². The van der Waals surface area contributed by atoms with E-state index in [2.05, 4.69) is 14.5 Å². The highest BCUT2D eigenvalue weighted by Gasteiger charge is 2.26. The molecule has 2 saturated heterocycles. The quantitative estimate of drug-likeness (QED) is 0.567. The first-order valence-corrected chi connectivity index (χ1v) is 13.7. The van der Waals surface area contributed by atoms with Gasteiger partial charge in [-0.15, -0.1) is 0 Å². The van der Waals surface area contributed by atoms with Crippen molar-refractivity contribution in [2.75, 3.05) is 42.3 Å². The van der Waals surface area contributed by atoms with Crippen molar-refractivity contribution in [2.45, 2.75) is 50.3 Å². The molecule has 0 saturated carbocycles. The van der Waals surface area contributed by atoms with Crippen molar-refractivity contribution >= 4 is 27.4 Å². The monoisotopic (exact) mass is 485 g/mol. The smallest absolute Gasteiger partial charge is 0.337 e. The minimum absolute atomic E-state index is 0.122. The predicted molar refractivity (Wildman–Crippen MR) is 135 cm³/mol. The molecule has 184 valence electrons. The van der Waals surface area contributed by atoms with Crippen LogP contribution in [0.2, 0.25) is 0 Å². The fraction of sp³-hybridized carbons (Fsp3) is 0.500. The number of carbonyl (C=O) groups is 1. The molecule has 2 N–H and O–H groups in total. The zero-order valence-corrected chi connectivity index (χ0v) is 20.9. The fourth-order valence-electron chi connectivity index (χ4n) is 5.06. The number of benzene rings is 2. The maximum atomic E-state index is 12.9. The second-order valence-electron chi connectivity index (χ2n) is 9.83. The lowest BCUT2D eigenvalue weighted by Crippen LogP contribution is -2.41. The van der Waals surface area contributed by atoms with Crippen LogP contribution in [0.15, 0.2) is 47.4 Å². The SMILES string of the molecule is CC(C)c1ccc(S(=O)(=O)Nc2ccc(N3CCCC(CN4CCCC4)C3)c(C(=O)O)c2)cc1. The average molecular weight is 486 g/mol. The Labute approximate surface area is 202 Å². The molecule has 8 heteroatoms. The van der Waals surface area contributed by atoms with E-state index < -0.39 is 16.0 Å². The number of carboxylic acid groups (broad SMARTS) is 1. The van der Waals surface area contributed by atoms with Crippen LogP contribution in [0.25, 0.3) is 0 Å². The van der Waals surface area contributed by atoms with Gasteiger partial charge in [-0.1, -0.05) is 26.0 Å². The summed E-state index contributed by atoms with van der Waals surface area (Å²) in [6.45, 7) is 9.11. The van der Waals surface area contributed by atoms with E-state index in [1.807, 2.05) is 13.8 Å². The molecule has 4 rings (SSSR count). The number of anilines is 2. The molecule has 2 heterocycles. The third kappa shape index (κ3) is 5.73. The molecular formula is C26H35N3O4S. The van der Waals surface area contributed by atoms with E-state index in [1.54, 1.807) is 36.4 Å². The van der Waals surface area contributed by atoms with Crippen LogP contribution in [0.3, 0.4) is 0 Å². The molecule has 1 unspecified atom stereocenters. The van der Waals surface area contributed by atoms with E-state index in [4.69, 9.17) is 0 Å². The van der Waals surface area contributed by atoms with Crippen molar-refractivity contribution in [1.29, 1.82) is 0 Å². The van der Waals surface area contributed by atoms with Crippen molar-refractivity contribution in [2.24, 2.45) is 5.92 Å². The van der Waals surface area contributed by atoms with Gasteiger partial charge in [-0.25, -0.2) is 13.2 Å². The lowest BCUT2D eigenvalue weighted by atomic mass is 9.96. The first kappa shape index (κ1) is 24.5. The Morgan fingerprint density at radius 1 is 1.06 bits per heavy atom. The van der Waals surface area contributed by atoms with Crippen LogP contribution in [-0.2, 0) is 10.0 Å². The second-order valence-corrected chi connectivity index (χ2v) is 11.5. The molecule has 2 aromatic rings. The van der Waals surface area contributed by atoms with Gasteiger partial charge in [0, 0.05) is 25.3 Å². The molecule has 0 radical (unpaired) electrons. The molecule has 2 fully saturated rings. The molecule has 0 bridgehead atoms. The van der Waals surface area contributed by atoms with Crippen molar-refractivity contribution < 1.29 is 18.3 Å². The number of hydrogen-bond acceptors (Lipinski definition) is 5. The third-order valence-corrected chi connectivity index (χ3v) is 8.31. The summed E-state index contributed by atoms with van der Waals surface area (Å²) in [5.41, 5.74) is 2.08. The summed E-state index contributed by atoms with van der Waals surface area (Å²) in [6, 6.07) is 11.6. The largest absolute Gasteiger partial charge is 0.478 e. The summed E-state index contributed by atoms with van der Waals surface area (Å²) in [7, 11) is -3.82. The van der Waals surface area contributed by atoms with E-state index in [-0.39, 0.29) is 16.1 Å². The van der Waals surface area contributed by atoms with E-state index in [0.717, 1.165) is 51.1 Å². The van der Waals surface area contributed by atoms with Gasteiger partial charge in [-0.3, -0.25) is 4.72 Å². The molecule has 2 aliphatic rings. The van der Waals surface area contributed by atoms with E-state index in [0.29, 0.717) is 17.5 Å². The molecule has 1 atom stereocenters. The number of sulfonamides is 1. The lowest BCUT2D eigenvalue weighted by molar-refractivity contribution is 0.0697. The van der Waals surface area contributed by atoms with Crippen LogP contribution in [0.5, 0.6) is 0 Å². The Bertz CT molecular complexity index is 1110. The van der Waals surface area contributed by atoms with Gasteiger partial charge in [0.05, 0.1) is 16.1 Å². The molecule has 2 aromatic carbocycles. The van der Waals surface area contributed by atoms with Crippen LogP contribution in [-0.4, -0.2) is 57.1 Å². The number of hydrogen-bond donors (Lipinski definition) is 2. The Balaban J connectivity index is 1.51. The number of likely N-dealkylation sites (tertiary alicyclic amines) is 1. The molecule has 0 spiro atoms.